The second-order valence-corrected chi connectivity index (χ2v) is 5.11. The first-order valence-corrected chi connectivity index (χ1v) is 6.74. The van der Waals surface area contributed by atoms with Crippen LogP contribution in [0.15, 0.2) is 48.5 Å². The summed E-state index contributed by atoms with van der Waals surface area (Å²) in [5.74, 6) is -0.964. The van der Waals surface area contributed by atoms with Crippen LogP contribution in [0.3, 0.4) is 0 Å². The summed E-state index contributed by atoms with van der Waals surface area (Å²) < 4.78 is 0. The van der Waals surface area contributed by atoms with Crippen LogP contribution in [0, 0.1) is 0 Å². The normalized spacial score (nSPS) is 10.9. The maximum absolute atomic E-state index is 10.6. The molecule has 4 heteroatoms. The Kier molecular flexibility index (Phi) is 4.83. The summed E-state index contributed by atoms with van der Waals surface area (Å²) in [6.45, 7) is 0. The predicted molar refractivity (Wildman–Crippen MR) is 82.4 cm³/mol. The van der Waals surface area contributed by atoms with Gasteiger partial charge in [0.05, 0.1) is 10.0 Å². The lowest BCUT2D eigenvalue weighted by molar-refractivity contribution is -0.131. The van der Waals surface area contributed by atoms with E-state index in [1.807, 2.05) is 36.4 Å². The minimum absolute atomic E-state index is 0.516. The lowest BCUT2D eigenvalue weighted by Gasteiger charge is -2.07. The summed E-state index contributed by atoms with van der Waals surface area (Å²) in [6.07, 6.45) is 3.39. The van der Waals surface area contributed by atoms with Crippen LogP contribution in [-0.4, -0.2) is 11.1 Å². The predicted octanol–water partition coefficient (Wildman–Crippen LogP) is 4.68. The molecule has 0 saturated carbocycles. The molecule has 0 aliphatic carbocycles. The molecule has 0 aliphatic heterocycles. The fourth-order valence-corrected chi connectivity index (χ4v) is 2.21. The number of hydrogen-bond donors (Lipinski definition) is 1. The molecule has 2 aromatic carbocycles. The van der Waals surface area contributed by atoms with Crippen molar-refractivity contribution in [2.75, 3.05) is 0 Å². The van der Waals surface area contributed by atoms with Gasteiger partial charge in [-0.25, -0.2) is 4.79 Å². The topological polar surface area (TPSA) is 37.3 Å². The third kappa shape index (κ3) is 3.86. The molecule has 0 aliphatic rings. The fraction of sp³-hybridized carbons (Fsp3) is 0.0625. The zero-order valence-electron chi connectivity index (χ0n) is 10.5. The second kappa shape index (κ2) is 6.60. The van der Waals surface area contributed by atoms with Crippen molar-refractivity contribution in [1.82, 2.24) is 0 Å². The van der Waals surface area contributed by atoms with Crippen molar-refractivity contribution in [3.8, 4) is 0 Å². The van der Waals surface area contributed by atoms with E-state index in [2.05, 4.69) is 0 Å². The Morgan fingerprint density at radius 3 is 2.55 bits per heavy atom. The van der Waals surface area contributed by atoms with Crippen LogP contribution in [0.2, 0.25) is 10.0 Å². The number of benzene rings is 2. The lowest BCUT2D eigenvalue weighted by Crippen LogP contribution is -1.93. The molecule has 0 spiro atoms. The SMILES string of the molecule is O=C(O)C=Cc1ccccc1Cc1ccc(Cl)c(Cl)c1. The summed E-state index contributed by atoms with van der Waals surface area (Å²) >= 11 is 11.9. The molecule has 0 heterocycles. The minimum atomic E-state index is -0.964. The quantitative estimate of drug-likeness (QED) is 0.833. The molecule has 102 valence electrons. The maximum Gasteiger partial charge on any atom is 0.328 e. The van der Waals surface area contributed by atoms with Gasteiger partial charge in [0.2, 0.25) is 0 Å². The summed E-state index contributed by atoms with van der Waals surface area (Å²) in [7, 11) is 0. The van der Waals surface area contributed by atoms with Crippen LogP contribution in [0.4, 0.5) is 0 Å². The van der Waals surface area contributed by atoms with Crippen molar-refractivity contribution < 1.29 is 9.90 Å². The van der Waals surface area contributed by atoms with E-state index in [9.17, 15) is 4.79 Å². The van der Waals surface area contributed by atoms with E-state index in [4.69, 9.17) is 28.3 Å². The highest BCUT2D eigenvalue weighted by molar-refractivity contribution is 6.42. The summed E-state index contributed by atoms with van der Waals surface area (Å²) in [5.41, 5.74) is 2.93. The Morgan fingerprint density at radius 1 is 1.10 bits per heavy atom. The second-order valence-electron chi connectivity index (χ2n) is 4.30. The fourth-order valence-electron chi connectivity index (χ4n) is 1.89. The van der Waals surface area contributed by atoms with Gasteiger partial charge in [-0.15, -0.1) is 0 Å². The van der Waals surface area contributed by atoms with Crippen molar-refractivity contribution in [3.63, 3.8) is 0 Å². The van der Waals surface area contributed by atoms with E-state index in [0.717, 1.165) is 22.8 Å². The average molecular weight is 307 g/mol. The van der Waals surface area contributed by atoms with Crippen LogP contribution in [0.5, 0.6) is 0 Å². The van der Waals surface area contributed by atoms with Crippen LogP contribution in [-0.2, 0) is 11.2 Å². The van der Waals surface area contributed by atoms with Gasteiger partial charge in [-0.05, 0) is 41.3 Å². The summed E-state index contributed by atoms with van der Waals surface area (Å²) in [4.78, 5) is 10.6. The van der Waals surface area contributed by atoms with Crippen molar-refractivity contribution in [2.24, 2.45) is 0 Å². The van der Waals surface area contributed by atoms with Gasteiger partial charge in [0.25, 0.3) is 0 Å². The van der Waals surface area contributed by atoms with Gasteiger partial charge in [0, 0.05) is 6.08 Å². The van der Waals surface area contributed by atoms with Gasteiger partial charge in [-0.2, -0.15) is 0 Å². The molecule has 2 rings (SSSR count). The number of carboxylic acids is 1. The summed E-state index contributed by atoms with van der Waals surface area (Å²) in [5, 5.41) is 9.74. The minimum Gasteiger partial charge on any atom is -0.478 e. The number of halogens is 2. The van der Waals surface area contributed by atoms with Crippen molar-refractivity contribution in [2.45, 2.75) is 6.42 Å². The molecule has 20 heavy (non-hydrogen) atoms. The van der Waals surface area contributed by atoms with E-state index >= 15 is 0 Å². The van der Waals surface area contributed by atoms with Gasteiger partial charge in [0.15, 0.2) is 0 Å². The van der Waals surface area contributed by atoms with Crippen molar-refractivity contribution in [3.05, 3.63) is 75.3 Å². The molecule has 0 bridgehead atoms. The number of hydrogen-bond acceptors (Lipinski definition) is 1. The lowest BCUT2D eigenvalue weighted by atomic mass is 9.99. The number of rotatable bonds is 4. The van der Waals surface area contributed by atoms with Crippen LogP contribution in [0.25, 0.3) is 6.08 Å². The summed E-state index contributed by atoms with van der Waals surface area (Å²) in [6, 6.07) is 13.1. The highest BCUT2D eigenvalue weighted by Gasteiger charge is 2.04. The molecule has 0 amide bonds. The monoisotopic (exact) mass is 306 g/mol. The molecule has 0 saturated heterocycles. The molecule has 0 atom stereocenters. The first-order valence-electron chi connectivity index (χ1n) is 5.99. The van der Waals surface area contributed by atoms with Crippen LogP contribution in [0.1, 0.15) is 16.7 Å². The number of aliphatic carboxylic acids is 1. The molecule has 0 radical (unpaired) electrons. The zero-order valence-corrected chi connectivity index (χ0v) is 12.0. The van der Waals surface area contributed by atoms with Gasteiger partial charge in [-0.1, -0.05) is 53.5 Å². The van der Waals surface area contributed by atoms with Gasteiger partial charge in [-0.3, -0.25) is 0 Å². The zero-order chi connectivity index (χ0) is 14.5. The smallest absolute Gasteiger partial charge is 0.328 e. The largest absolute Gasteiger partial charge is 0.478 e. The van der Waals surface area contributed by atoms with E-state index in [0.29, 0.717) is 16.5 Å². The Labute approximate surface area is 127 Å². The maximum atomic E-state index is 10.6. The molecular formula is C16H12Cl2O2. The molecule has 0 fully saturated rings. The van der Waals surface area contributed by atoms with Crippen molar-refractivity contribution in [1.29, 1.82) is 0 Å². The average Bonchev–Trinajstić information content (AvgIpc) is 2.42. The Bertz CT molecular complexity index is 663. The van der Waals surface area contributed by atoms with E-state index in [1.54, 1.807) is 12.1 Å². The van der Waals surface area contributed by atoms with E-state index < -0.39 is 5.97 Å². The molecular weight excluding hydrogens is 295 g/mol. The molecule has 0 aromatic heterocycles. The van der Waals surface area contributed by atoms with Crippen LogP contribution < -0.4 is 0 Å². The molecule has 2 nitrogen and oxygen atoms in total. The first-order chi connectivity index (χ1) is 9.56. The third-order valence-corrected chi connectivity index (χ3v) is 3.58. The highest BCUT2D eigenvalue weighted by atomic mass is 35.5. The Morgan fingerprint density at radius 2 is 1.85 bits per heavy atom. The van der Waals surface area contributed by atoms with Crippen LogP contribution >= 0.6 is 23.2 Å². The Hall–Kier alpha value is -1.77. The van der Waals surface area contributed by atoms with Gasteiger partial charge in [0.1, 0.15) is 0 Å². The van der Waals surface area contributed by atoms with E-state index in [1.165, 1.54) is 0 Å². The number of carbonyl (C=O) groups is 1. The molecule has 0 unspecified atom stereocenters. The van der Waals surface area contributed by atoms with Gasteiger partial charge >= 0.3 is 5.97 Å². The van der Waals surface area contributed by atoms with Gasteiger partial charge < -0.3 is 5.11 Å². The Balaban J connectivity index is 2.29. The highest BCUT2D eigenvalue weighted by Crippen LogP contribution is 2.24. The molecule has 1 N–H and O–H groups in total. The number of carboxylic acid groups (broad SMARTS) is 1. The third-order valence-electron chi connectivity index (χ3n) is 2.84. The molecule has 2 aromatic rings. The first kappa shape index (κ1) is 14.6. The standard InChI is InChI=1S/C16H12Cl2O2/c17-14-7-5-11(10-15(14)18)9-13-4-2-1-3-12(13)6-8-16(19)20/h1-8,10H,9H2,(H,19,20). The van der Waals surface area contributed by atoms with E-state index in [-0.39, 0.29) is 0 Å². The van der Waals surface area contributed by atoms with Crippen molar-refractivity contribution >= 4 is 35.2 Å².